The van der Waals surface area contributed by atoms with Crippen LogP contribution < -0.4 is 15.5 Å². The van der Waals surface area contributed by atoms with Crippen LogP contribution in [0.5, 0.6) is 0 Å². The highest BCUT2D eigenvalue weighted by Gasteiger charge is 2.37. The summed E-state index contributed by atoms with van der Waals surface area (Å²) in [5.41, 5.74) is 4.40. The first-order valence-electron chi connectivity index (χ1n) is 12.4. The maximum Gasteiger partial charge on any atom is 0.325 e. The summed E-state index contributed by atoms with van der Waals surface area (Å²) in [5, 5.41) is 16.4. The number of benzene rings is 1. The van der Waals surface area contributed by atoms with Gasteiger partial charge in [-0.25, -0.2) is 4.79 Å². The van der Waals surface area contributed by atoms with E-state index in [4.69, 9.17) is 0 Å². The van der Waals surface area contributed by atoms with Gasteiger partial charge in [-0.1, -0.05) is 12.1 Å². The van der Waals surface area contributed by atoms with Gasteiger partial charge in [0.15, 0.2) is 0 Å². The standard InChI is InChI=1S/C26H33N5O3.3ClH/c32-25(33)24(20-2-1-11-28-17-20)29-21-4-7-22(8-5-21)30-14-15-31(26(30)34)23-6-3-18-9-12-27-13-10-19(18)16-23;;;/h1-3,6,11,16-17,21-22,24,27,29H,4-5,7-10,12-15H2,(H,32,33);3*1H. The molecule has 5 rings (SSSR count). The van der Waals surface area contributed by atoms with E-state index in [1.165, 1.54) is 11.1 Å². The average Bonchev–Trinajstić information content (AvgIpc) is 3.08. The van der Waals surface area contributed by atoms with Gasteiger partial charge in [-0.2, -0.15) is 0 Å². The highest BCUT2D eigenvalue weighted by atomic mass is 35.5. The van der Waals surface area contributed by atoms with Crippen molar-refractivity contribution >= 4 is 54.9 Å². The number of amides is 2. The van der Waals surface area contributed by atoms with Crippen LogP contribution >= 0.6 is 37.2 Å². The van der Waals surface area contributed by atoms with E-state index < -0.39 is 12.0 Å². The number of nitrogens with one attached hydrogen (secondary N) is 2. The number of aromatic nitrogens is 1. The van der Waals surface area contributed by atoms with Crippen LogP contribution in [0.4, 0.5) is 10.5 Å². The van der Waals surface area contributed by atoms with E-state index >= 15 is 0 Å². The number of hydrogen-bond donors (Lipinski definition) is 3. The maximum absolute atomic E-state index is 13.3. The van der Waals surface area contributed by atoms with E-state index in [2.05, 4.69) is 33.8 Å². The third kappa shape index (κ3) is 7.06. The molecule has 2 aliphatic heterocycles. The number of carbonyl (C=O) groups is 2. The van der Waals surface area contributed by atoms with Crippen molar-refractivity contribution in [3.63, 3.8) is 0 Å². The molecule has 0 spiro atoms. The molecule has 1 atom stereocenters. The van der Waals surface area contributed by atoms with Crippen molar-refractivity contribution in [2.24, 2.45) is 0 Å². The largest absolute Gasteiger partial charge is 0.480 e. The molecule has 3 N–H and O–H groups in total. The lowest BCUT2D eigenvalue weighted by molar-refractivity contribution is -0.140. The second kappa shape index (κ2) is 14.2. The molecule has 2 amide bonds. The Morgan fingerprint density at radius 3 is 2.43 bits per heavy atom. The molecule has 8 nitrogen and oxygen atoms in total. The van der Waals surface area contributed by atoms with Crippen molar-refractivity contribution in [1.29, 1.82) is 0 Å². The Hall–Kier alpha value is -2.10. The highest BCUT2D eigenvalue weighted by molar-refractivity contribution is 5.94. The summed E-state index contributed by atoms with van der Waals surface area (Å²) in [5.74, 6) is -0.892. The van der Waals surface area contributed by atoms with Gasteiger partial charge in [-0.15, -0.1) is 37.2 Å². The van der Waals surface area contributed by atoms with Crippen LogP contribution in [0.1, 0.15) is 48.4 Å². The van der Waals surface area contributed by atoms with E-state index in [1.807, 2.05) is 9.80 Å². The maximum atomic E-state index is 13.3. The van der Waals surface area contributed by atoms with Crippen molar-refractivity contribution < 1.29 is 14.7 Å². The van der Waals surface area contributed by atoms with Crippen LogP contribution in [0.15, 0.2) is 42.7 Å². The van der Waals surface area contributed by atoms with Gasteiger partial charge in [-0.05, 0) is 86.5 Å². The number of carboxylic acids is 1. The summed E-state index contributed by atoms with van der Waals surface area (Å²) in [4.78, 5) is 33.1. The Balaban J connectivity index is 0.00000160. The molecule has 37 heavy (non-hydrogen) atoms. The normalized spacial score (nSPS) is 22.0. The number of fused-ring (bicyclic) bond motifs is 1. The number of carboxylic acid groups (broad SMARTS) is 1. The molecule has 2 aromatic rings. The van der Waals surface area contributed by atoms with Crippen molar-refractivity contribution in [2.75, 3.05) is 31.1 Å². The van der Waals surface area contributed by atoms with Crippen LogP contribution in [0.2, 0.25) is 0 Å². The molecule has 0 bridgehead atoms. The van der Waals surface area contributed by atoms with Crippen molar-refractivity contribution in [3.05, 3.63) is 59.4 Å². The zero-order chi connectivity index (χ0) is 23.5. The van der Waals surface area contributed by atoms with E-state index in [0.717, 1.165) is 70.4 Å². The number of nitrogens with zero attached hydrogens (tertiary/aromatic N) is 3. The van der Waals surface area contributed by atoms with Crippen LogP contribution in [0.3, 0.4) is 0 Å². The molecule has 1 saturated heterocycles. The summed E-state index contributed by atoms with van der Waals surface area (Å²) in [7, 11) is 0. The number of aliphatic carboxylic acids is 1. The van der Waals surface area contributed by atoms with Gasteiger partial charge < -0.3 is 15.3 Å². The third-order valence-electron chi connectivity index (χ3n) is 7.49. The molecule has 1 saturated carbocycles. The van der Waals surface area contributed by atoms with Crippen LogP contribution in [-0.2, 0) is 17.6 Å². The minimum atomic E-state index is -0.892. The number of halogens is 3. The molecule has 2 fully saturated rings. The Morgan fingerprint density at radius 2 is 1.76 bits per heavy atom. The molecular formula is C26H36Cl3N5O3. The summed E-state index contributed by atoms with van der Waals surface area (Å²) in [6.07, 6.45) is 8.76. The molecule has 0 radical (unpaired) electrons. The number of pyridine rings is 1. The predicted molar refractivity (Wildman–Crippen MR) is 152 cm³/mol. The van der Waals surface area contributed by atoms with E-state index in [0.29, 0.717) is 5.56 Å². The lowest BCUT2D eigenvalue weighted by Crippen LogP contribution is -2.46. The Labute approximate surface area is 236 Å². The van der Waals surface area contributed by atoms with Gasteiger partial charge in [0, 0.05) is 43.3 Å². The van der Waals surface area contributed by atoms with Gasteiger partial charge in [0.2, 0.25) is 0 Å². The smallest absolute Gasteiger partial charge is 0.325 e. The molecule has 11 heteroatoms. The van der Waals surface area contributed by atoms with Gasteiger partial charge >= 0.3 is 12.0 Å². The van der Waals surface area contributed by atoms with Crippen LogP contribution in [0, 0.1) is 0 Å². The fourth-order valence-electron chi connectivity index (χ4n) is 5.61. The highest BCUT2D eigenvalue weighted by Crippen LogP contribution is 2.31. The number of carbonyl (C=O) groups excluding carboxylic acids is 1. The monoisotopic (exact) mass is 571 g/mol. The molecule has 3 heterocycles. The zero-order valence-electron chi connectivity index (χ0n) is 20.7. The fourth-order valence-corrected chi connectivity index (χ4v) is 5.61. The lowest BCUT2D eigenvalue weighted by Gasteiger charge is -2.35. The van der Waals surface area contributed by atoms with Gasteiger partial charge in [0.05, 0.1) is 0 Å². The number of hydrogen-bond acceptors (Lipinski definition) is 5. The Morgan fingerprint density at radius 1 is 1.03 bits per heavy atom. The van der Waals surface area contributed by atoms with Gasteiger partial charge in [0.25, 0.3) is 0 Å². The molecule has 1 aromatic carbocycles. The minimum absolute atomic E-state index is 0. The van der Waals surface area contributed by atoms with E-state index in [1.54, 1.807) is 24.5 Å². The first-order valence-corrected chi connectivity index (χ1v) is 12.4. The second-order valence-electron chi connectivity index (χ2n) is 9.56. The second-order valence-corrected chi connectivity index (χ2v) is 9.56. The fraction of sp³-hybridized carbons (Fsp3) is 0.500. The van der Waals surface area contributed by atoms with Crippen LogP contribution in [-0.4, -0.2) is 65.3 Å². The van der Waals surface area contributed by atoms with Gasteiger partial charge in [-0.3, -0.25) is 20.0 Å². The minimum Gasteiger partial charge on any atom is -0.480 e. The molecule has 1 aromatic heterocycles. The number of urea groups is 1. The zero-order valence-corrected chi connectivity index (χ0v) is 23.1. The Kier molecular flexibility index (Phi) is 11.9. The molecular weight excluding hydrogens is 537 g/mol. The van der Waals surface area contributed by atoms with Crippen molar-refractivity contribution in [2.45, 2.75) is 56.7 Å². The summed E-state index contributed by atoms with van der Waals surface area (Å²) in [6, 6.07) is 9.70. The lowest BCUT2D eigenvalue weighted by atomic mass is 9.89. The van der Waals surface area contributed by atoms with Crippen molar-refractivity contribution in [3.8, 4) is 0 Å². The topological polar surface area (TPSA) is 97.8 Å². The van der Waals surface area contributed by atoms with E-state index in [-0.39, 0.29) is 55.3 Å². The Bertz CT molecular complexity index is 1040. The van der Waals surface area contributed by atoms with Gasteiger partial charge in [0.1, 0.15) is 6.04 Å². The van der Waals surface area contributed by atoms with Crippen LogP contribution in [0.25, 0.3) is 0 Å². The number of rotatable bonds is 6. The molecule has 1 aliphatic carbocycles. The quantitative estimate of drug-likeness (QED) is 0.484. The summed E-state index contributed by atoms with van der Waals surface area (Å²) >= 11 is 0. The SMILES string of the molecule is Cl.Cl.Cl.O=C(O)C(NC1CCC(N2CCN(c3ccc4c(c3)CCNCC4)C2=O)CC1)c1cccnc1. The van der Waals surface area contributed by atoms with Crippen molar-refractivity contribution in [1.82, 2.24) is 20.5 Å². The first-order chi connectivity index (χ1) is 16.6. The number of anilines is 1. The molecule has 1 unspecified atom stereocenters. The molecule has 3 aliphatic rings. The van der Waals surface area contributed by atoms with E-state index in [9.17, 15) is 14.7 Å². The predicted octanol–water partition coefficient (Wildman–Crippen LogP) is 4.00. The molecule has 204 valence electrons. The average molecular weight is 573 g/mol. The summed E-state index contributed by atoms with van der Waals surface area (Å²) in [6.45, 7) is 3.46. The third-order valence-corrected chi connectivity index (χ3v) is 7.49. The summed E-state index contributed by atoms with van der Waals surface area (Å²) < 4.78 is 0. The first kappa shape index (κ1) is 31.1.